The van der Waals surface area contributed by atoms with Gasteiger partial charge in [0.05, 0.1) is 17.7 Å². The van der Waals surface area contributed by atoms with Gasteiger partial charge in [-0.3, -0.25) is 10.1 Å². The number of para-hydroxylation sites is 1. The first-order valence-electron chi connectivity index (χ1n) is 10.4. The average Bonchev–Trinajstić information content (AvgIpc) is 3.19. The summed E-state index contributed by atoms with van der Waals surface area (Å²) in [5.74, 6) is -0.617. The summed E-state index contributed by atoms with van der Waals surface area (Å²) in [6.45, 7) is 1.89. The van der Waals surface area contributed by atoms with Crippen molar-refractivity contribution in [2.24, 2.45) is 0 Å². The van der Waals surface area contributed by atoms with Crippen LogP contribution in [0.5, 0.6) is 0 Å². The predicted molar refractivity (Wildman–Crippen MR) is 120 cm³/mol. The maximum absolute atomic E-state index is 13.3. The molecular weight excluding hydrogens is 416 g/mol. The van der Waals surface area contributed by atoms with Crippen LogP contribution in [0.2, 0.25) is 0 Å². The maximum Gasteiger partial charge on any atom is 0.359 e. The van der Waals surface area contributed by atoms with Crippen LogP contribution in [-0.4, -0.2) is 34.4 Å². The van der Waals surface area contributed by atoms with E-state index in [4.69, 9.17) is 4.74 Å². The highest BCUT2D eigenvalue weighted by atomic mass is 32.1. The minimum atomic E-state index is -0.617. The lowest BCUT2D eigenvalue weighted by Crippen LogP contribution is -2.39. The molecule has 162 valence electrons. The molecule has 0 spiro atoms. The highest BCUT2D eigenvalue weighted by Crippen LogP contribution is 2.30. The van der Waals surface area contributed by atoms with Crippen molar-refractivity contribution >= 4 is 39.1 Å². The van der Waals surface area contributed by atoms with Crippen molar-refractivity contribution in [3.05, 3.63) is 51.8 Å². The number of hydrogen-bond acceptors (Lipinski definition) is 6. The fourth-order valence-electron chi connectivity index (χ4n) is 3.81. The Bertz CT molecular complexity index is 1150. The third-order valence-electron chi connectivity index (χ3n) is 5.29. The Morgan fingerprint density at radius 1 is 1.19 bits per heavy atom. The van der Waals surface area contributed by atoms with E-state index in [0.717, 1.165) is 25.7 Å². The number of carbonyl (C=O) groups excluding carboxylic acids is 2. The molecule has 2 amide bonds. The van der Waals surface area contributed by atoms with Crippen molar-refractivity contribution in [1.82, 2.24) is 15.1 Å². The molecule has 2 N–H and O–H groups in total. The first-order chi connectivity index (χ1) is 15.1. The third kappa shape index (κ3) is 4.46. The summed E-state index contributed by atoms with van der Waals surface area (Å²) in [6, 6.07) is 8.62. The van der Waals surface area contributed by atoms with Gasteiger partial charge in [0.2, 0.25) is 0 Å². The van der Waals surface area contributed by atoms with Gasteiger partial charge in [-0.05, 0) is 31.9 Å². The molecule has 1 aromatic carbocycles. The Labute approximate surface area is 183 Å². The summed E-state index contributed by atoms with van der Waals surface area (Å²) in [7, 11) is 0. The second-order valence-electron chi connectivity index (χ2n) is 7.41. The maximum atomic E-state index is 13.3. The largest absolute Gasteiger partial charge is 0.461 e. The van der Waals surface area contributed by atoms with E-state index in [9.17, 15) is 14.4 Å². The minimum Gasteiger partial charge on any atom is -0.461 e. The van der Waals surface area contributed by atoms with Crippen molar-refractivity contribution in [2.45, 2.75) is 45.1 Å². The van der Waals surface area contributed by atoms with Crippen LogP contribution in [0.4, 0.5) is 9.80 Å². The smallest absolute Gasteiger partial charge is 0.359 e. The molecule has 2 heterocycles. The molecule has 1 saturated carbocycles. The molecule has 9 heteroatoms. The summed E-state index contributed by atoms with van der Waals surface area (Å²) < 4.78 is 6.32. The quantitative estimate of drug-likeness (QED) is 0.582. The lowest BCUT2D eigenvalue weighted by molar-refractivity contribution is 0.0520. The average molecular weight is 441 g/mol. The normalized spacial score (nSPS) is 14.4. The van der Waals surface area contributed by atoms with Crippen LogP contribution < -0.4 is 16.2 Å². The summed E-state index contributed by atoms with van der Waals surface area (Å²) >= 11 is 1.19. The highest BCUT2D eigenvalue weighted by Gasteiger charge is 2.24. The van der Waals surface area contributed by atoms with Gasteiger partial charge >= 0.3 is 12.0 Å². The van der Waals surface area contributed by atoms with E-state index in [-0.39, 0.29) is 29.8 Å². The van der Waals surface area contributed by atoms with Crippen LogP contribution >= 0.6 is 11.3 Å². The summed E-state index contributed by atoms with van der Waals surface area (Å²) in [5.41, 5.74) is 0.143. The van der Waals surface area contributed by atoms with Gasteiger partial charge in [-0.2, -0.15) is 9.78 Å². The van der Waals surface area contributed by atoms with Gasteiger partial charge in [0.1, 0.15) is 5.00 Å². The first-order valence-corrected chi connectivity index (χ1v) is 11.3. The molecule has 0 unspecified atom stereocenters. The molecule has 0 atom stereocenters. The Kier molecular flexibility index (Phi) is 6.31. The SMILES string of the molecule is CCOC(=O)c1nn(-c2ccccc2)c(=O)c2c(NC(=O)NC3CCCCC3)scc12. The molecule has 1 fully saturated rings. The van der Waals surface area contributed by atoms with Gasteiger partial charge in [-0.1, -0.05) is 37.5 Å². The van der Waals surface area contributed by atoms with E-state index in [1.165, 1.54) is 22.4 Å². The lowest BCUT2D eigenvalue weighted by atomic mass is 9.96. The van der Waals surface area contributed by atoms with Crippen molar-refractivity contribution < 1.29 is 14.3 Å². The number of nitrogens with zero attached hydrogens (tertiary/aromatic N) is 2. The lowest BCUT2D eigenvalue weighted by Gasteiger charge is -2.22. The van der Waals surface area contributed by atoms with Crippen molar-refractivity contribution in [3.63, 3.8) is 0 Å². The number of urea groups is 1. The molecule has 31 heavy (non-hydrogen) atoms. The number of amides is 2. The Morgan fingerprint density at radius 2 is 1.94 bits per heavy atom. The molecule has 2 aromatic heterocycles. The minimum absolute atomic E-state index is 0.0392. The van der Waals surface area contributed by atoms with Crippen molar-refractivity contribution in [2.75, 3.05) is 11.9 Å². The number of esters is 1. The fourth-order valence-corrected chi connectivity index (χ4v) is 4.74. The van der Waals surface area contributed by atoms with E-state index < -0.39 is 11.5 Å². The predicted octanol–water partition coefficient (Wildman–Crippen LogP) is 4.08. The highest BCUT2D eigenvalue weighted by molar-refractivity contribution is 7.16. The van der Waals surface area contributed by atoms with E-state index in [1.54, 1.807) is 36.6 Å². The number of fused-ring (bicyclic) bond motifs is 1. The third-order valence-corrected chi connectivity index (χ3v) is 6.18. The topological polar surface area (TPSA) is 102 Å². The van der Waals surface area contributed by atoms with Crippen LogP contribution in [0.3, 0.4) is 0 Å². The molecule has 3 aromatic rings. The Balaban J connectivity index is 1.75. The number of rotatable bonds is 5. The zero-order valence-corrected chi connectivity index (χ0v) is 18.0. The van der Waals surface area contributed by atoms with Crippen LogP contribution in [0.1, 0.15) is 49.5 Å². The van der Waals surface area contributed by atoms with Crippen LogP contribution in [0.15, 0.2) is 40.5 Å². The van der Waals surface area contributed by atoms with Crippen LogP contribution in [0.25, 0.3) is 16.5 Å². The van der Waals surface area contributed by atoms with Crippen LogP contribution in [0, 0.1) is 0 Å². The molecule has 1 aliphatic carbocycles. The number of ether oxygens (including phenoxy) is 1. The number of aromatic nitrogens is 2. The summed E-state index contributed by atoms with van der Waals surface area (Å²) in [4.78, 5) is 38.4. The van der Waals surface area contributed by atoms with Gasteiger partial charge in [-0.15, -0.1) is 11.3 Å². The molecule has 0 radical (unpaired) electrons. The number of benzene rings is 1. The number of nitrogens with one attached hydrogen (secondary N) is 2. The van der Waals surface area contributed by atoms with Gasteiger partial charge in [0, 0.05) is 16.8 Å². The van der Waals surface area contributed by atoms with Gasteiger partial charge in [-0.25, -0.2) is 9.59 Å². The number of hydrogen-bond donors (Lipinski definition) is 2. The zero-order valence-electron chi connectivity index (χ0n) is 17.2. The van der Waals surface area contributed by atoms with E-state index in [0.29, 0.717) is 16.1 Å². The van der Waals surface area contributed by atoms with Crippen LogP contribution in [-0.2, 0) is 4.74 Å². The number of carbonyl (C=O) groups is 2. The standard InChI is InChI=1S/C22H24N4O4S/c1-2-30-21(28)18-16-13-31-19(24-22(29)23-14-9-5-3-6-10-14)17(16)20(27)26(25-18)15-11-7-4-8-12-15/h4,7-8,11-14H,2-3,5-6,9-10H2,1H3,(H2,23,24,29). The fraction of sp³-hybridized carbons (Fsp3) is 0.364. The Hall–Kier alpha value is -3.20. The molecule has 0 bridgehead atoms. The second-order valence-corrected chi connectivity index (χ2v) is 8.29. The monoisotopic (exact) mass is 440 g/mol. The van der Waals surface area contributed by atoms with Crippen molar-refractivity contribution in [3.8, 4) is 5.69 Å². The Morgan fingerprint density at radius 3 is 2.65 bits per heavy atom. The molecule has 4 rings (SSSR count). The molecule has 1 aliphatic rings. The molecular formula is C22H24N4O4S. The molecule has 8 nitrogen and oxygen atoms in total. The van der Waals surface area contributed by atoms with Gasteiger partial charge in [0.25, 0.3) is 5.56 Å². The zero-order chi connectivity index (χ0) is 21.8. The molecule has 0 saturated heterocycles. The first kappa shape index (κ1) is 21.0. The number of anilines is 1. The molecule has 0 aliphatic heterocycles. The van der Waals surface area contributed by atoms with Gasteiger partial charge < -0.3 is 10.1 Å². The van der Waals surface area contributed by atoms with E-state index in [2.05, 4.69) is 15.7 Å². The van der Waals surface area contributed by atoms with E-state index >= 15 is 0 Å². The number of thiophene rings is 1. The summed E-state index contributed by atoms with van der Waals surface area (Å²) in [6.07, 6.45) is 5.30. The summed E-state index contributed by atoms with van der Waals surface area (Å²) in [5, 5.41) is 12.7. The van der Waals surface area contributed by atoms with Gasteiger partial charge in [0.15, 0.2) is 5.69 Å². The second kappa shape index (κ2) is 9.30. The van der Waals surface area contributed by atoms with Crippen molar-refractivity contribution in [1.29, 1.82) is 0 Å². The van der Waals surface area contributed by atoms with E-state index in [1.807, 2.05) is 6.07 Å².